The van der Waals surface area contributed by atoms with Crippen molar-refractivity contribution in [2.45, 2.75) is 26.6 Å². The second-order valence-electron chi connectivity index (χ2n) is 4.16. The zero-order valence-electron chi connectivity index (χ0n) is 7.16. The van der Waals surface area contributed by atoms with Crippen molar-refractivity contribution in [2.75, 3.05) is 6.61 Å². The minimum absolute atomic E-state index is 0.421. The molecular formula is C9H16O2. The van der Waals surface area contributed by atoms with Crippen molar-refractivity contribution in [1.82, 2.24) is 0 Å². The van der Waals surface area contributed by atoms with Crippen LogP contribution in [0.15, 0.2) is 0 Å². The van der Waals surface area contributed by atoms with Crippen LogP contribution in [0.25, 0.3) is 0 Å². The minimum Gasteiger partial charge on any atom is -0.368 e. The summed E-state index contributed by atoms with van der Waals surface area (Å²) in [7, 11) is 0. The van der Waals surface area contributed by atoms with Crippen LogP contribution in [0.5, 0.6) is 0 Å². The lowest BCUT2D eigenvalue weighted by molar-refractivity contribution is -0.0909. The van der Waals surface area contributed by atoms with Gasteiger partial charge in [-0.3, -0.25) is 0 Å². The highest BCUT2D eigenvalue weighted by Gasteiger charge is 2.47. The van der Waals surface area contributed by atoms with E-state index in [2.05, 4.69) is 13.8 Å². The predicted molar refractivity (Wildman–Crippen MR) is 41.9 cm³/mol. The molecule has 1 saturated carbocycles. The third-order valence-corrected chi connectivity index (χ3v) is 3.41. The summed E-state index contributed by atoms with van der Waals surface area (Å²) in [6.45, 7) is 5.26. The molecular weight excluding hydrogens is 140 g/mol. The summed E-state index contributed by atoms with van der Waals surface area (Å²) < 4.78 is 5.22. The molecule has 1 aliphatic carbocycles. The van der Waals surface area contributed by atoms with E-state index in [4.69, 9.17) is 4.74 Å². The first-order chi connectivity index (χ1) is 5.20. The summed E-state index contributed by atoms with van der Waals surface area (Å²) in [5.41, 5.74) is 0. The number of aliphatic hydroxyl groups excluding tert-OH is 1. The van der Waals surface area contributed by atoms with Crippen molar-refractivity contribution in [3.63, 3.8) is 0 Å². The Bertz CT molecular complexity index is 158. The first-order valence-electron chi connectivity index (χ1n) is 4.50. The van der Waals surface area contributed by atoms with E-state index >= 15 is 0 Å². The lowest BCUT2D eigenvalue weighted by Crippen LogP contribution is -2.21. The van der Waals surface area contributed by atoms with Crippen LogP contribution < -0.4 is 0 Å². The Balaban J connectivity index is 2.15. The van der Waals surface area contributed by atoms with E-state index in [1.54, 1.807) is 0 Å². The monoisotopic (exact) mass is 156 g/mol. The molecule has 0 aromatic carbocycles. The van der Waals surface area contributed by atoms with Crippen molar-refractivity contribution >= 4 is 0 Å². The molecule has 5 atom stereocenters. The van der Waals surface area contributed by atoms with Gasteiger partial charge in [0.05, 0.1) is 6.61 Å². The smallest absolute Gasteiger partial charge is 0.157 e. The van der Waals surface area contributed by atoms with Crippen LogP contribution in [0.1, 0.15) is 20.3 Å². The van der Waals surface area contributed by atoms with Crippen LogP contribution in [0.4, 0.5) is 0 Å². The van der Waals surface area contributed by atoms with E-state index in [-0.39, 0.29) is 0 Å². The normalized spacial score (nSPS) is 56.5. The number of rotatable bonds is 0. The average Bonchev–Trinajstić information content (AvgIpc) is 2.41. The number of hydrogen-bond donors (Lipinski definition) is 1. The standard InChI is InChI=1S/C9H16O2/c1-5-3-6(2)8-7(5)4-11-9(8)10/h5-10H,3-4H2,1-2H3. The van der Waals surface area contributed by atoms with Crippen molar-refractivity contribution in [3.8, 4) is 0 Å². The molecule has 0 amide bonds. The first kappa shape index (κ1) is 7.56. The fourth-order valence-electron chi connectivity index (χ4n) is 2.81. The van der Waals surface area contributed by atoms with E-state index in [1.807, 2.05) is 0 Å². The molecule has 2 fully saturated rings. The summed E-state index contributed by atoms with van der Waals surface area (Å²) in [6.07, 6.45) is 0.787. The maximum Gasteiger partial charge on any atom is 0.157 e. The Labute approximate surface area is 67.6 Å². The first-order valence-corrected chi connectivity index (χ1v) is 4.50. The van der Waals surface area contributed by atoms with E-state index in [0.717, 1.165) is 12.5 Å². The molecule has 11 heavy (non-hydrogen) atoms. The Hall–Kier alpha value is -0.0800. The molecule has 1 N–H and O–H groups in total. The van der Waals surface area contributed by atoms with Gasteiger partial charge >= 0.3 is 0 Å². The van der Waals surface area contributed by atoms with Crippen molar-refractivity contribution in [3.05, 3.63) is 0 Å². The topological polar surface area (TPSA) is 29.5 Å². The van der Waals surface area contributed by atoms with Crippen LogP contribution >= 0.6 is 0 Å². The third-order valence-electron chi connectivity index (χ3n) is 3.41. The van der Waals surface area contributed by atoms with Gasteiger partial charge in [0.25, 0.3) is 0 Å². The largest absolute Gasteiger partial charge is 0.368 e. The van der Waals surface area contributed by atoms with Crippen molar-refractivity contribution in [2.24, 2.45) is 23.7 Å². The summed E-state index contributed by atoms with van der Waals surface area (Å²) in [4.78, 5) is 0. The molecule has 2 rings (SSSR count). The fourth-order valence-corrected chi connectivity index (χ4v) is 2.81. The molecule has 2 heteroatoms. The zero-order valence-corrected chi connectivity index (χ0v) is 7.16. The van der Waals surface area contributed by atoms with Gasteiger partial charge in [0, 0.05) is 5.92 Å². The SMILES string of the molecule is CC1CC(C)C2C(O)OCC12. The molecule has 5 unspecified atom stereocenters. The second-order valence-corrected chi connectivity index (χ2v) is 4.16. The summed E-state index contributed by atoms with van der Waals surface area (Å²) in [6, 6.07) is 0. The van der Waals surface area contributed by atoms with Gasteiger partial charge in [-0.15, -0.1) is 0 Å². The number of fused-ring (bicyclic) bond motifs is 1. The number of ether oxygens (including phenoxy) is 1. The maximum atomic E-state index is 9.47. The molecule has 2 aliphatic rings. The van der Waals surface area contributed by atoms with Crippen LogP contribution in [0.3, 0.4) is 0 Å². The Morgan fingerprint density at radius 2 is 2.00 bits per heavy atom. The Morgan fingerprint density at radius 3 is 2.64 bits per heavy atom. The average molecular weight is 156 g/mol. The van der Waals surface area contributed by atoms with Crippen LogP contribution in [-0.4, -0.2) is 18.0 Å². The molecule has 1 saturated heterocycles. The molecule has 1 heterocycles. The van der Waals surface area contributed by atoms with E-state index in [1.165, 1.54) is 6.42 Å². The summed E-state index contributed by atoms with van der Waals surface area (Å²) in [5.74, 6) is 2.43. The van der Waals surface area contributed by atoms with Crippen molar-refractivity contribution in [1.29, 1.82) is 0 Å². The van der Waals surface area contributed by atoms with Gasteiger partial charge < -0.3 is 9.84 Å². The highest BCUT2D eigenvalue weighted by molar-refractivity contribution is 4.91. The van der Waals surface area contributed by atoms with Crippen molar-refractivity contribution < 1.29 is 9.84 Å². The number of hydrogen-bond acceptors (Lipinski definition) is 2. The van der Waals surface area contributed by atoms with E-state index < -0.39 is 6.29 Å². The van der Waals surface area contributed by atoms with Gasteiger partial charge in [0.2, 0.25) is 0 Å². The summed E-state index contributed by atoms with van der Waals surface area (Å²) >= 11 is 0. The van der Waals surface area contributed by atoms with E-state index in [9.17, 15) is 5.11 Å². The highest BCUT2D eigenvalue weighted by atomic mass is 16.6. The quantitative estimate of drug-likeness (QED) is 0.572. The summed E-state index contributed by atoms with van der Waals surface area (Å²) in [5, 5.41) is 9.47. The van der Waals surface area contributed by atoms with Crippen LogP contribution in [0, 0.1) is 23.7 Å². The lowest BCUT2D eigenvalue weighted by Gasteiger charge is -2.15. The molecule has 0 aromatic rings. The zero-order chi connectivity index (χ0) is 8.01. The molecule has 0 aromatic heterocycles. The van der Waals surface area contributed by atoms with Gasteiger partial charge in [0.1, 0.15) is 0 Å². The predicted octanol–water partition coefficient (Wildman–Crippen LogP) is 1.24. The van der Waals surface area contributed by atoms with Crippen LogP contribution in [0.2, 0.25) is 0 Å². The molecule has 0 spiro atoms. The Morgan fingerprint density at radius 1 is 1.27 bits per heavy atom. The van der Waals surface area contributed by atoms with Gasteiger partial charge in [-0.2, -0.15) is 0 Å². The maximum absolute atomic E-state index is 9.47. The van der Waals surface area contributed by atoms with E-state index in [0.29, 0.717) is 17.8 Å². The molecule has 2 nitrogen and oxygen atoms in total. The fraction of sp³-hybridized carbons (Fsp3) is 1.00. The molecule has 0 radical (unpaired) electrons. The van der Waals surface area contributed by atoms with Crippen LogP contribution in [-0.2, 0) is 4.74 Å². The minimum atomic E-state index is -0.472. The highest BCUT2D eigenvalue weighted by Crippen LogP contribution is 2.46. The molecule has 0 bridgehead atoms. The number of aliphatic hydroxyl groups is 1. The van der Waals surface area contributed by atoms with Gasteiger partial charge in [-0.05, 0) is 24.2 Å². The lowest BCUT2D eigenvalue weighted by atomic mass is 9.90. The Kier molecular flexibility index (Phi) is 1.69. The van der Waals surface area contributed by atoms with Gasteiger partial charge in [-0.1, -0.05) is 13.8 Å². The molecule has 1 aliphatic heterocycles. The van der Waals surface area contributed by atoms with Gasteiger partial charge in [-0.25, -0.2) is 0 Å². The second kappa shape index (κ2) is 2.46. The third kappa shape index (κ3) is 1.00. The van der Waals surface area contributed by atoms with Gasteiger partial charge in [0.15, 0.2) is 6.29 Å². The molecule has 64 valence electrons.